The molecule has 2 aromatic carbocycles. The number of ether oxygens (including phenoxy) is 6. The second-order valence-corrected chi connectivity index (χ2v) is 9.84. The van der Waals surface area contributed by atoms with Crippen molar-refractivity contribution < 1.29 is 38.0 Å². The standard InChI is InChI=1S/C26H26O8S2/c1-7-31-25(27)19-13(3)33-15-9-11-17(29-5)23(21(15)19)35-36-24-18(30-6)12-10-16-22(24)20(14(4)34-16)26(28)32-8-2/h9-12,19-20H,3-4,7-8H2,1-2,5-6H3. The van der Waals surface area contributed by atoms with E-state index in [0.717, 1.165) is 0 Å². The van der Waals surface area contributed by atoms with Gasteiger partial charge < -0.3 is 28.4 Å². The Morgan fingerprint density at radius 3 is 1.50 bits per heavy atom. The summed E-state index contributed by atoms with van der Waals surface area (Å²) in [5.41, 5.74) is 1.23. The van der Waals surface area contributed by atoms with Crippen LogP contribution in [0.4, 0.5) is 0 Å². The minimum atomic E-state index is -0.795. The van der Waals surface area contributed by atoms with Crippen LogP contribution in [-0.4, -0.2) is 39.4 Å². The summed E-state index contributed by atoms with van der Waals surface area (Å²) in [6.45, 7) is 11.8. The Balaban J connectivity index is 1.77. The molecule has 0 spiro atoms. The molecule has 0 aromatic heterocycles. The van der Waals surface area contributed by atoms with Gasteiger partial charge in [0.25, 0.3) is 0 Å². The molecule has 2 unspecified atom stereocenters. The van der Waals surface area contributed by atoms with Crippen molar-refractivity contribution in [1.29, 1.82) is 0 Å². The first kappa shape index (κ1) is 25.8. The summed E-state index contributed by atoms with van der Waals surface area (Å²) in [7, 11) is 5.78. The molecule has 0 saturated heterocycles. The summed E-state index contributed by atoms with van der Waals surface area (Å²) < 4.78 is 33.4. The minimum Gasteiger partial charge on any atom is -0.496 e. The Hall–Kier alpha value is -3.24. The zero-order valence-corrected chi connectivity index (χ0v) is 22.0. The number of carbonyl (C=O) groups is 2. The van der Waals surface area contributed by atoms with Crippen molar-refractivity contribution in [2.45, 2.75) is 35.5 Å². The quantitative estimate of drug-likeness (QED) is 0.301. The van der Waals surface area contributed by atoms with Gasteiger partial charge in [-0.05, 0) is 59.7 Å². The Bertz CT molecular complexity index is 1140. The van der Waals surface area contributed by atoms with Crippen LogP contribution in [0.25, 0.3) is 0 Å². The van der Waals surface area contributed by atoms with Gasteiger partial charge in [-0.15, -0.1) is 0 Å². The number of fused-ring (bicyclic) bond motifs is 2. The Morgan fingerprint density at radius 1 is 0.778 bits per heavy atom. The van der Waals surface area contributed by atoms with Crippen LogP contribution >= 0.6 is 21.6 Å². The van der Waals surface area contributed by atoms with Gasteiger partial charge >= 0.3 is 11.9 Å². The highest BCUT2D eigenvalue weighted by Crippen LogP contribution is 2.57. The van der Waals surface area contributed by atoms with E-state index in [9.17, 15) is 9.59 Å². The molecule has 0 amide bonds. The van der Waals surface area contributed by atoms with Gasteiger partial charge in [-0.1, -0.05) is 13.2 Å². The van der Waals surface area contributed by atoms with Crippen LogP contribution < -0.4 is 18.9 Å². The van der Waals surface area contributed by atoms with E-state index in [1.54, 1.807) is 52.3 Å². The fraction of sp³-hybridized carbons (Fsp3) is 0.308. The molecular weight excluding hydrogens is 504 g/mol. The van der Waals surface area contributed by atoms with Gasteiger partial charge in [0.1, 0.15) is 46.4 Å². The number of carbonyl (C=O) groups excluding carboxylic acids is 2. The maximum absolute atomic E-state index is 12.8. The lowest BCUT2D eigenvalue weighted by Gasteiger charge is -2.17. The molecule has 4 rings (SSSR count). The highest BCUT2D eigenvalue weighted by molar-refractivity contribution is 8.76. The van der Waals surface area contributed by atoms with Crippen molar-refractivity contribution >= 4 is 33.5 Å². The topological polar surface area (TPSA) is 89.5 Å². The van der Waals surface area contributed by atoms with Crippen molar-refractivity contribution in [3.63, 3.8) is 0 Å². The van der Waals surface area contributed by atoms with Crippen LogP contribution in [-0.2, 0) is 19.1 Å². The molecule has 0 bridgehead atoms. The van der Waals surface area contributed by atoms with Gasteiger partial charge in [-0.2, -0.15) is 0 Å². The van der Waals surface area contributed by atoms with E-state index in [0.29, 0.717) is 43.9 Å². The molecule has 36 heavy (non-hydrogen) atoms. The summed E-state index contributed by atoms with van der Waals surface area (Å²) in [6, 6.07) is 7.01. The maximum Gasteiger partial charge on any atom is 0.321 e. The number of hydrogen-bond donors (Lipinski definition) is 0. The van der Waals surface area contributed by atoms with E-state index in [4.69, 9.17) is 28.4 Å². The molecule has 0 N–H and O–H groups in total. The van der Waals surface area contributed by atoms with Crippen LogP contribution in [0.2, 0.25) is 0 Å². The van der Waals surface area contributed by atoms with E-state index in [-0.39, 0.29) is 24.7 Å². The van der Waals surface area contributed by atoms with Crippen LogP contribution in [0, 0.1) is 0 Å². The molecule has 0 saturated carbocycles. The van der Waals surface area contributed by atoms with Gasteiger partial charge in [0.05, 0.1) is 37.2 Å². The number of rotatable bonds is 9. The predicted octanol–water partition coefficient (Wildman–Crippen LogP) is 5.61. The number of hydrogen-bond acceptors (Lipinski definition) is 10. The smallest absolute Gasteiger partial charge is 0.321 e. The zero-order valence-electron chi connectivity index (χ0n) is 20.4. The molecule has 8 nitrogen and oxygen atoms in total. The van der Waals surface area contributed by atoms with Crippen molar-refractivity contribution in [1.82, 2.24) is 0 Å². The number of methoxy groups -OCH3 is 2. The van der Waals surface area contributed by atoms with Crippen LogP contribution in [0.3, 0.4) is 0 Å². The first-order valence-electron chi connectivity index (χ1n) is 11.2. The number of benzene rings is 2. The molecule has 2 atom stereocenters. The Morgan fingerprint density at radius 2 is 1.17 bits per heavy atom. The molecule has 0 aliphatic carbocycles. The Kier molecular flexibility index (Phi) is 7.75. The average molecular weight is 531 g/mol. The fourth-order valence-corrected chi connectivity index (χ4v) is 6.88. The zero-order chi connectivity index (χ0) is 26.0. The summed E-state index contributed by atoms with van der Waals surface area (Å²) in [4.78, 5) is 26.9. The second-order valence-electron chi connectivity index (χ2n) is 7.69. The van der Waals surface area contributed by atoms with Gasteiger partial charge in [0.15, 0.2) is 0 Å². The molecule has 190 valence electrons. The lowest BCUT2D eigenvalue weighted by Crippen LogP contribution is -2.16. The normalized spacial score (nSPS) is 17.6. The second kappa shape index (κ2) is 10.8. The first-order chi connectivity index (χ1) is 17.4. The van der Waals surface area contributed by atoms with E-state index >= 15 is 0 Å². The lowest BCUT2D eigenvalue weighted by molar-refractivity contribution is -0.145. The third-order valence-electron chi connectivity index (χ3n) is 5.64. The highest BCUT2D eigenvalue weighted by Gasteiger charge is 2.41. The van der Waals surface area contributed by atoms with Gasteiger partial charge in [-0.25, -0.2) is 0 Å². The van der Waals surface area contributed by atoms with Gasteiger partial charge in [0, 0.05) is 11.1 Å². The van der Waals surface area contributed by atoms with Crippen molar-refractivity contribution in [2.75, 3.05) is 27.4 Å². The summed E-state index contributed by atoms with van der Waals surface area (Å²) in [5.74, 6) is 0.192. The summed E-state index contributed by atoms with van der Waals surface area (Å²) in [6.07, 6.45) is 0. The third kappa shape index (κ3) is 4.51. The van der Waals surface area contributed by atoms with E-state index < -0.39 is 23.8 Å². The largest absolute Gasteiger partial charge is 0.496 e. The molecule has 10 heteroatoms. The summed E-state index contributed by atoms with van der Waals surface area (Å²) in [5, 5.41) is 0. The fourth-order valence-electron chi connectivity index (χ4n) is 4.10. The van der Waals surface area contributed by atoms with Crippen molar-refractivity contribution in [3.05, 3.63) is 60.1 Å². The van der Waals surface area contributed by atoms with Gasteiger partial charge in [0.2, 0.25) is 0 Å². The van der Waals surface area contributed by atoms with Gasteiger partial charge in [-0.3, -0.25) is 9.59 Å². The molecule has 2 aromatic rings. The van der Waals surface area contributed by atoms with Crippen LogP contribution in [0.1, 0.15) is 36.8 Å². The molecule has 2 aliphatic rings. The summed E-state index contributed by atoms with van der Waals surface area (Å²) >= 11 is 0. The van der Waals surface area contributed by atoms with Crippen molar-refractivity contribution in [2.24, 2.45) is 0 Å². The average Bonchev–Trinajstić information content (AvgIpc) is 3.38. The SMILES string of the molecule is C=C1Oc2ccc(OC)c(SSc3c(OC)ccc4c3C(C(=O)OCC)C(=C)O4)c2C1C(=O)OCC. The molecule has 2 heterocycles. The molecular formula is C26H26O8S2. The maximum atomic E-state index is 12.8. The molecule has 0 fully saturated rings. The Labute approximate surface area is 217 Å². The van der Waals surface area contributed by atoms with E-state index in [1.165, 1.54) is 21.6 Å². The van der Waals surface area contributed by atoms with Crippen LogP contribution in [0.15, 0.2) is 58.7 Å². The van der Waals surface area contributed by atoms with Crippen LogP contribution in [0.5, 0.6) is 23.0 Å². The van der Waals surface area contributed by atoms with E-state index in [2.05, 4.69) is 13.2 Å². The molecule has 2 aliphatic heterocycles. The first-order valence-corrected chi connectivity index (χ1v) is 13.3. The molecule has 0 radical (unpaired) electrons. The minimum absolute atomic E-state index is 0.228. The van der Waals surface area contributed by atoms with E-state index in [1.807, 2.05) is 0 Å². The lowest BCUT2D eigenvalue weighted by atomic mass is 9.99. The monoisotopic (exact) mass is 530 g/mol. The third-order valence-corrected chi connectivity index (χ3v) is 8.14. The number of esters is 2. The predicted molar refractivity (Wildman–Crippen MR) is 136 cm³/mol. The van der Waals surface area contributed by atoms with Crippen molar-refractivity contribution in [3.8, 4) is 23.0 Å². The highest BCUT2D eigenvalue weighted by atomic mass is 33.1.